The van der Waals surface area contributed by atoms with Gasteiger partial charge in [0.05, 0.1) is 0 Å². The van der Waals surface area contributed by atoms with Crippen molar-refractivity contribution in [1.29, 1.82) is 0 Å². The molecule has 0 aliphatic carbocycles. The molecule has 0 radical (unpaired) electrons. The zero-order valence-corrected chi connectivity index (χ0v) is 14.5. The minimum Gasteiger partial charge on any atom is -0.508 e. The van der Waals surface area contributed by atoms with E-state index in [1.807, 2.05) is 32.9 Å². The first kappa shape index (κ1) is 17.6. The molecule has 0 bridgehead atoms. The molecule has 2 atom stereocenters. The Kier molecular flexibility index (Phi) is 5.52. The van der Waals surface area contributed by atoms with Gasteiger partial charge in [0.1, 0.15) is 11.4 Å². The average molecular weight is 320 g/mol. The highest BCUT2D eigenvalue weighted by Gasteiger charge is 2.30. The van der Waals surface area contributed by atoms with Crippen LogP contribution in [0.5, 0.6) is 5.75 Å². The van der Waals surface area contributed by atoms with Gasteiger partial charge in [-0.15, -0.1) is 0 Å². The number of phenols is 1. The van der Waals surface area contributed by atoms with E-state index in [9.17, 15) is 9.90 Å². The van der Waals surface area contributed by atoms with Crippen molar-refractivity contribution in [3.05, 3.63) is 29.8 Å². The maximum Gasteiger partial charge on any atom is 0.410 e. The summed E-state index contributed by atoms with van der Waals surface area (Å²) >= 11 is 0. The molecule has 1 aliphatic rings. The van der Waals surface area contributed by atoms with Crippen molar-refractivity contribution >= 4 is 6.09 Å². The maximum atomic E-state index is 12.1. The van der Waals surface area contributed by atoms with Gasteiger partial charge in [0.25, 0.3) is 0 Å². The molecule has 1 heterocycles. The molecule has 1 amide bonds. The van der Waals surface area contributed by atoms with Crippen molar-refractivity contribution in [3.63, 3.8) is 0 Å². The highest BCUT2D eigenvalue weighted by atomic mass is 16.6. The summed E-state index contributed by atoms with van der Waals surface area (Å²) in [6.07, 6.45) is 1.61. The first-order chi connectivity index (χ1) is 10.7. The van der Waals surface area contributed by atoms with E-state index in [-0.39, 0.29) is 11.8 Å². The summed E-state index contributed by atoms with van der Waals surface area (Å²) in [5.74, 6) is 0.290. The number of carbonyl (C=O) groups excluding carboxylic acids is 1. The van der Waals surface area contributed by atoms with Crippen LogP contribution in [0.15, 0.2) is 24.3 Å². The Morgan fingerprint density at radius 3 is 2.65 bits per heavy atom. The SMILES string of the molecule is CC(Cc1ccc(O)cc1)NC1CCN(C(=O)OC(C)(C)C)C1. The molecule has 128 valence electrons. The molecule has 0 spiro atoms. The van der Waals surface area contributed by atoms with Crippen LogP contribution in [0.4, 0.5) is 4.79 Å². The fourth-order valence-electron chi connectivity index (χ4n) is 2.84. The molecular formula is C18H28N2O3. The summed E-state index contributed by atoms with van der Waals surface area (Å²) in [5.41, 5.74) is 0.735. The lowest BCUT2D eigenvalue weighted by Crippen LogP contribution is -2.41. The van der Waals surface area contributed by atoms with Crippen LogP contribution < -0.4 is 5.32 Å². The zero-order valence-electron chi connectivity index (χ0n) is 14.5. The lowest BCUT2D eigenvalue weighted by Gasteiger charge is -2.25. The van der Waals surface area contributed by atoms with E-state index < -0.39 is 5.60 Å². The van der Waals surface area contributed by atoms with E-state index in [1.165, 1.54) is 5.56 Å². The molecule has 2 N–H and O–H groups in total. The molecule has 23 heavy (non-hydrogen) atoms. The van der Waals surface area contributed by atoms with Gasteiger partial charge < -0.3 is 20.1 Å². The molecule has 1 aromatic rings. The number of phenolic OH excluding ortho intramolecular Hbond substituents is 1. The monoisotopic (exact) mass is 320 g/mol. The number of hydrogen-bond donors (Lipinski definition) is 2. The third kappa shape index (κ3) is 5.75. The smallest absolute Gasteiger partial charge is 0.410 e. The summed E-state index contributed by atoms with van der Waals surface area (Å²) < 4.78 is 5.42. The number of carbonyl (C=O) groups is 1. The summed E-state index contributed by atoms with van der Waals surface area (Å²) in [6.45, 7) is 9.22. The summed E-state index contributed by atoms with van der Waals surface area (Å²) in [7, 11) is 0. The van der Waals surface area contributed by atoms with Crippen LogP contribution in [-0.4, -0.2) is 46.9 Å². The van der Waals surface area contributed by atoms with Crippen LogP contribution in [0.3, 0.4) is 0 Å². The van der Waals surface area contributed by atoms with Gasteiger partial charge in [0.15, 0.2) is 0 Å². The van der Waals surface area contributed by atoms with Crippen molar-refractivity contribution in [2.24, 2.45) is 0 Å². The fraction of sp³-hybridized carbons (Fsp3) is 0.611. The van der Waals surface area contributed by atoms with Crippen LogP contribution in [-0.2, 0) is 11.2 Å². The summed E-state index contributed by atoms with van der Waals surface area (Å²) in [4.78, 5) is 13.8. The molecule has 0 saturated carbocycles. The number of aromatic hydroxyl groups is 1. The van der Waals surface area contributed by atoms with E-state index in [0.717, 1.165) is 19.4 Å². The van der Waals surface area contributed by atoms with E-state index in [4.69, 9.17) is 4.74 Å². The fourth-order valence-corrected chi connectivity index (χ4v) is 2.84. The van der Waals surface area contributed by atoms with E-state index in [0.29, 0.717) is 18.6 Å². The number of nitrogens with one attached hydrogen (secondary N) is 1. The Labute approximate surface area is 138 Å². The topological polar surface area (TPSA) is 61.8 Å². The van der Waals surface area contributed by atoms with Crippen molar-refractivity contribution in [2.75, 3.05) is 13.1 Å². The van der Waals surface area contributed by atoms with Gasteiger partial charge >= 0.3 is 6.09 Å². The second-order valence-corrected chi connectivity index (χ2v) is 7.35. The minimum absolute atomic E-state index is 0.229. The molecule has 0 aromatic heterocycles. The predicted molar refractivity (Wildman–Crippen MR) is 90.6 cm³/mol. The Balaban J connectivity index is 1.78. The quantitative estimate of drug-likeness (QED) is 0.895. The molecule has 1 saturated heterocycles. The van der Waals surface area contributed by atoms with E-state index >= 15 is 0 Å². The first-order valence-corrected chi connectivity index (χ1v) is 8.25. The second-order valence-electron chi connectivity index (χ2n) is 7.35. The van der Waals surface area contributed by atoms with Gasteiger partial charge in [0.2, 0.25) is 0 Å². The Hall–Kier alpha value is -1.75. The number of hydrogen-bond acceptors (Lipinski definition) is 4. The number of likely N-dealkylation sites (tertiary alicyclic amines) is 1. The number of ether oxygens (including phenoxy) is 1. The predicted octanol–water partition coefficient (Wildman–Crippen LogP) is 2.92. The van der Waals surface area contributed by atoms with Gasteiger partial charge in [-0.1, -0.05) is 12.1 Å². The van der Waals surface area contributed by atoms with E-state index in [1.54, 1.807) is 17.0 Å². The van der Waals surface area contributed by atoms with Gasteiger partial charge in [-0.05, 0) is 58.2 Å². The summed E-state index contributed by atoms with van der Waals surface area (Å²) in [6, 6.07) is 7.91. The number of amides is 1. The first-order valence-electron chi connectivity index (χ1n) is 8.25. The highest BCUT2D eigenvalue weighted by Crippen LogP contribution is 2.16. The largest absolute Gasteiger partial charge is 0.508 e. The standard InChI is InChI=1S/C18H28N2O3/c1-13(11-14-5-7-16(21)8-6-14)19-15-9-10-20(12-15)17(22)23-18(2,3)4/h5-8,13,15,19,21H,9-12H2,1-4H3. The Morgan fingerprint density at radius 2 is 2.04 bits per heavy atom. The van der Waals surface area contributed by atoms with Crippen molar-refractivity contribution < 1.29 is 14.6 Å². The van der Waals surface area contributed by atoms with Crippen LogP contribution in [0.25, 0.3) is 0 Å². The van der Waals surface area contributed by atoms with Crippen molar-refractivity contribution in [2.45, 2.75) is 58.2 Å². The number of nitrogens with zero attached hydrogens (tertiary/aromatic N) is 1. The van der Waals surface area contributed by atoms with Crippen LogP contribution in [0, 0.1) is 0 Å². The second kappa shape index (κ2) is 7.21. The highest BCUT2D eigenvalue weighted by molar-refractivity contribution is 5.68. The summed E-state index contributed by atoms with van der Waals surface area (Å²) in [5, 5.41) is 12.9. The Morgan fingerprint density at radius 1 is 1.39 bits per heavy atom. The van der Waals surface area contributed by atoms with Crippen molar-refractivity contribution in [1.82, 2.24) is 10.2 Å². The minimum atomic E-state index is -0.450. The zero-order chi connectivity index (χ0) is 17.0. The van der Waals surface area contributed by atoms with Gasteiger partial charge in [0, 0.05) is 25.2 Å². The molecule has 1 aromatic carbocycles. The Bertz CT molecular complexity index is 522. The maximum absolute atomic E-state index is 12.1. The molecule has 1 aliphatic heterocycles. The van der Waals surface area contributed by atoms with E-state index in [2.05, 4.69) is 12.2 Å². The molecule has 5 heteroatoms. The molecular weight excluding hydrogens is 292 g/mol. The van der Waals surface area contributed by atoms with Crippen LogP contribution in [0.2, 0.25) is 0 Å². The normalized spacial score (nSPS) is 19.7. The average Bonchev–Trinajstić information content (AvgIpc) is 2.88. The molecule has 1 fully saturated rings. The van der Waals surface area contributed by atoms with Gasteiger partial charge in [-0.3, -0.25) is 0 Å². The lowest BCUT2D eigenvalue weighted by atomic mass is 10.1. The molecule has 5 nitrogen and oxygen atoms in total. The number of benzene rings is 1. The van der Waals surface area contributed by atoms with Crippen molar-refractivity contribution in [3.8, 4) is 5.75 Å². The van der Waals surface area contributed by atoms with Crippen LogP contribution >= 0.6 is 0 Å². The lowest BCUT2D eigenvalue weighted by molar-refractivity contribution is 0.0290. The third-order valence-corrected chi connectivity index (χ3v) is 3.84. The van der Waals surface area contributed by atoms with Crippen LogP contribution in [0.1, 0.15) is 39.7 Å². The van der Waals surface area contributed by atoms with Gasteiger partial charge in [-0.25, -0.2) is 4.79 Å². The third-order valence-electron chi connectivity index (χ3n) is 3.84. The molecule has 2 rings (SSSR count). The molecule has 2 unspecified atom stereocenters. The van der Waals surface area contributed by atoms with Gasteiger partial charge in [-0.2, -0.15) is 0 Å². The number of rotatable bonds is 4.